The van der Waals surface area contributed by atoms with Crippen LogP contribution in [0.15, 0.2) is 0 Å². The minimum absolute atomic E-state index is 0.434. The summed E-state index contributed by atoms with van der Waals surface area (Å²) in [7, 11) is 0. The van der Waals surface area contributed by atoms with Crippen molar-refractivity contribution in [3.05, 3.63) is 15.6 Å². The molecular formula is C17H29N3S. The molecule has 0 aromatic carbocycles. The molecule has 2 aliphatic rings. The van der Waals surface area contributed by atoms with E-state index in [1.54, 1.807) is 0 Å². The molecule has 0 spiro atoms. The summed E-state index contributed by atoms with van der Waals surface area (Å²) in [4.78, 5) is 6.01. The van der Waals surface area contributed by atoms with Gasteiger partial charge in [-0.15, -0.1) is 11.3 Å². The van der Waals surface area contributed by atoms with Gasteiger partial charge in [-0.2, -0.15) is 0 Å². The highest BCUT2D eigenvalue weighted by Gasteiger charge is 2.34. The number of aromatic nitrogens is 1. The van der Waals surface area contributed by atoms with Crippen LogP contribution in [0.2, 0.25) is 0 Å². The summed E-state index contributed by atoms with van der Waals surface area (Å²) in [5.41, 5.74) is 1.21. The zero-order valence-electron chi connectivity index (χ0n) is 13.6. The molecule has 1 aliphatic heterocycles. The van der Waals surface area contributed by atoms with Crippen LogP contribution >= 0.6 is 11.3 Å². The minimum Gasteiger partial charge on any atom is -0.314 e. The van der Waals surface area contributed by atoms with Gasteiger partial charge in [0.05, 0.1) is 10.7 Å². The van der Waals surface area contributed by atoms with E-state index < -0.39 is 0 Å². The molecule has 1 saturated carbocycles. The maximum absolute atomic E-state index is 4.59. The fourth-order valence-electron chi connectivity index (χ4n) is 4.27. The molecule has 1 aromatic rings. The van der Waals surface area contributed by atoms with Crippen molar-refractivity contribution < 1.29 is 0 Å². The summed E-state index contributed by atoms with van der Waals surface area (Å²) in [6, 6.07) is 1.86. The van der Waals surface area contributed by atoms with E-state index in [4.69, 9.17) is 0 Å². The smallest absolute Gasteiger partial charge is 0.0900 e. The van der Waals surface area contributed by atoms with E-state index in [0.29, 0.717) is 12.1 Å². The Morgan fingerprint density at radius 1 is 1.19 bits per heavy atom. The van der Waals surface area contributed by atoms with Gasteiger partial charge >= 0.3 is 0 Å². The topological polar surface area (TPSA) is 37.0 Å². The first kappa shape index (κ1) is 15.4. The molecule has 1 saturated heterocycles. The Kier molecular flexibility index (Phi) is 4.97. The number of rotatable bonds is 4. The van der Waals surface area contributed by atoms with Gasteiger partial charge in [-0.25, -0.2) is 4.98 Å². The predicted molar refractivity (Wildman–Crippen MR) is 89.9 cm³/mol. The van der Waals surface area contributed by atoms with Gasteiger partial charge in [-0.1, -0.05) is 12.8 Å². The number of nitrogens with zero attached hydrogens (tertiary/aromatic N) is 1. The fourth-order valence-corrected chi connectivity index (χ4v) is 5.21. The van der Waals surface area contributed by atoms with Crippen LogP contribution in [0.4, 0.5) is 0 Å². The number of hydrogen-bond acceptors (Lipinski definition) is 4. The van der Waals surface area contributed by atoms with Crippen LogP contribution in [0.25, 0.3) is 0 Å². The van der Waals surface area contributed by atoms with Gasteiger partial charge in [0.25, 0.3) is 0 Å². The summed E-state index contributed by atoms with van der Waals surface area (Å²) in [6.45, 7) is 7.79. The van der Waals surface area contributed by atoms with Crippen molar-refractivity contribution in [2.75, 3.05) is 6.54 Å². The van der Waals surface area contributed by atoms with Crippen molar-refractivity contribution in [2.45, 2.75) is 77.4 Å². The molecule has 118 valence electrons. The SMILES string of the molecule is Cc1nc(C)c(C(C)NC2CCCCC2C2CCCN2)s1. The Balaban J connectivity index is 1.67. The molecule has 0 amide bonds. The van der Waals surface area contributed by atoms with Gasteiger partial charge < -0.3 is 10.6 Å². The van der Waals surface area contributed by atoms with Crippen LogP contribution in [0.3, 0.4) is 0 Å². The number of hydrogen-bond donors (Lipinski definition) is 2. The molecule has 3 nitrogen and oxygen atoms in total. The summed E-state index contributed by atoms with van der Waals surface area (Å²) in [5, 5.41) is 8.87. The third-order valence-electron chi connectivity index (χ3n) is 5.23. The quantitative estimate of drug-likeness (QED) is 0.890. The van der Waals surface area contributed by atoms with E-state index in [-0.39, 0.29) is 0 Å². The highest BCUT2D eigenvalue weighted by molar-refractivity contribution is 7.11. The zero-order valence-corrected chi connectivity index (χ0v) is 14.4. The van der Waals surface area contributed by atoms with Crippen molar-refractivity contribution in [3.63, 3.8) is 0 Å². The lowest BCUT2D eigenvalue weighted by Crippen LogP contribution is -2.47. The Morgan fingerprint density at radius 2 is 2.00 bits per heavy atom. The van der Waals surface area contributed by atoms with Crippen molar-refractivity contribution in [1.82, 2.24) is 15.6 Å². The number of aryl methyl sites for hydroxylation is 2. The average Bonchev–Trinajstić information content (AvgIpc) is 3.09. The van der Waals surface area contributed by atoms with E-state index >= 15 is 0 Å². The maximum atomic E-state index is 4.59. The molecular weight excluding hydrogens is 278 g/mol. The standard InChI is InChI=1S/C17H29N3S/c1-11-17(21-13(3)19-11)12(2)20-16-8-5-4-7-14(16)15-9-6-10-18-15/h12,14-16,18,20H,4-10H2,1-3H3. The molecule has 4 unspecified atom stereocenters. The highest BCUT2D eigenvalue weighted by atomic mass is 32.1. The lowest BCUT2D eigenvalue weighted by Gasteiger charge is -2.38. The summed E-state index contributed by atoms with van der Waals surface area (Å²) < 4.78 is 0. The Hall–Kier alpha value is -0.450. The number of nitrogens with one attached hydrogen (secondary N) is 2. The fraction of sp³-hybridized carbons (Fsp3) is 0.824. The first-order chi connectivity index (χ1) is 10.1. The van der Waals surface area contributed by atoms with Gasteiger partial charge in [-0.05, 0) is 58.9 Å². The minimum atomic E-state index is 0.434. The first-order valence-electron chi connectivity index (χ1n) is 8.58. The molecule has 0 bridgehead atoms. The second kappa shape index (κ2) is 6.76. The first-order valence-corrected chi connectivity index (χ1v) is 9.40. The van der Waals surface area contributed by atoms with Gasteiger partial charge in [-0.3, -0.25) is 0 Å². The van der Waals surface area contributed by atoms with E-state index in [9.17, 15) is 0 Å². The molecule has 2 fully saturated rings. The molecule has 4 atom stereocenters. The third-order valence-corrected chi connectivity index (χ3v) is 6.49. The summed E-state index contributed by atoms with van der Waals surface area (Å²) in [5.74, 6) is 0.818. The van der Waals surface area contributed by atoms with Crippen LogP contribution in [0.5, 0.6) is 0 Å². The molecule has 2 heterocycles. The van der Waals surface area contributed by atoms with Crippen LogP contribution in [0.1, 0.15) is 67.1 Å². The summed E-state index contributed by atoms with van der Waals surface area (Å²) >= 11 is 1.86. The van der Waals surface area contributed by atoms with E-state index in [1.165, 1.54) is 60.6 Å². The van der Waals surface area contributed by atoms with Crippen LogP contribution in [-0.2, 0) is 0 Å². The monoisotopic (exact) mass is 307 g/mol. The predicted octanol–water partition coefficient (Wildman–Crippen LogP) is 3.72. The maximum Gasteiger partial charge on any atom is 0.0900 e. The zero-order chi connectivity index (χ0) is 14.8. The van der Waals surface area contributed by atoms with Crippen molar-refractivity contribution in [2.24, 2.45) is 5.92 Å². The lowest BCUT2D eigenvalue weighted by molar-refractivity contribution is 0.204. The Morgan fingerprint density at radius 3 is 2.67 bits per heavy atom. The van der Waals surface area contributed by atoms with E-state index in [1.807, 2.05) is 11.3 Å². The molecule has 3 rings (SSSR count). The molecule has 1 aromatic heterocycles. The van der Waals surface area contributed by atoms with E-state index in [2.05, 4.69) is 36.4 Å². The van der Waals surface area contributed by atoms with Gasteiger partial charge in [0.2, 0.25) is 0 Å². The summed E-state index contributed by atoms with van der Waals surface area (Å²) in [6.07, 6.45) is 8.25. The largest absolute Gasteiger partial charge is 0.314 e. The Labute approximate surface area is 132 Å². The van der Waals surface area contributed by atoms with Crippen molar-refractivity contribution in [1.29, 1.82) is 0 Å². The highest BCUT2D eigenvalue weighted by Crippen LogP contribution is 2.33. The lowest BCUT2D eigenvalue weighted by atomic mass is 9.79. The molecule has 2 N–H and O–H groups in total. The van der Waals surface area contributed by atoms with Crippen LogP contribution < -0.4 is 10.6 Å². The van der Waals surface area contributed by atoms with Gasteiger partial charge in [0, 0.05) is 23.0 Å². The normalized spacial score (nSPS) is 31.5. The second-order valence-corrected chi connectivity index (χ2v) is 8.06. The van der Waals surface area contributed by atoms with Gasteiger partial charge in [0.15, 0.2) is 0 Å². The van der Waals surface area contributed by atoms with Crippen molar-refractivity contribution in [3.8, 4) is 0 Å². The average molecular weight is 308 g/mol. The van der Waals surface area contributed by atoms with Crippen LogP contribution in [0, 0.1) is 19.8 Å². The molecule has 4 heteroatoms. The van der Waals surface area contributed by atoms with Gasteiger partial charge in [0.1, 0.15) is 0 Å². The van der Waals surface area contributed by atoms with Crippen LogP contribution in [-0.4, -0.2) is 23.6 Å². The molecule has 0 radical (unpaired) electrons. The number of thiazole rings is 1. The van der Waals surface area contributed by atoms with Crippen molar-refractivity contribution >= 4 is 11.3 Å². The van der Waals surface area contributed by atoms with E-state index in [0.717, 1.165) is 12.0 Å². The third kappa shape index (κ3) is 3.49. The molecule has 1 aliphatic carbocycles. The Bertz CT molecular complexity index is 465. The second-order valence-electron chi connectivity index (χ2n) is 6.83. The molecule has 21 heavy (non-hydrogen) atoms.